The fourth-order valence-corrected chi connectivity index (χ4v) is 2.15. The number of hydrogen-bond donors (Lipinski definition) is 2. The Morgan fingerprint density at radius 1 is 1.20 bits per heavy atom. The Kier molecular flexibility index (Phi) is 7.19. The van der Waals surface area contributed by atoms with Crippen LogP contribution in [0, 0.1) is 0 Å². The summed E-state index contributed by atoms with van der Waals surface area (Å²) in [6, 6.07) is 7.42. The number of benzene rings is 1. The number of amides is 2. The Bertz CT molecular complexity index is 633. The van der Waals surface area contributed by atoms with Gasteiger partial charge in [0.05, 0.1) is 6.61 Å². The van der Waals surface area contributed by atoms with E-state index in [1.165, 1.54) is 6.08 Å². The van der Waals surface area contributed by atoms with E-state index in [1.807, 2.05) is 0 Å². The Morgan fingerprint density at radius 3 is 2.56 bits per heavy atom. The quantitative estimate of drug-likeness (QED) is 0.408. The van der Waals surface area contributed by atoms with Crippen LogP contribution in [-0.2, 0) is 14.3 Å². The number of ether oxygens (including phenoxy) is 1. The summed E-state index contributed by atoms with van der Waals surface area (Å²) < 4.78 is 4.81. The second-order valence-corrected chi connectivity index (χ2v) is 5.90. The lowest BCUT2D eigenvalue weighted by Crippen LogP contribution is -2.25. The lowest BCUT2D eigenvalue weighted by molar-refractivity contribution is -0.143. The number of hydrogen-bond acceptors (Lipinski definition) is 4. The molecule has 134 valence electrons. The maximum absolute atomic E-state index is 11.9. The average Bonchev–Trinajstić information content (AvgIpc) is 3.41. The van der Waals surface area contributed by atoms with Crippen LogP contribution >= 0.6 is 0 Å². The highest BCUT2D eigenvalue weighted by molar-refractivity contribution is 5.95. The first-order valence-electron chi connectivity index (χ1n) is 8.61. The molecule has 1 aliphatic rings. The lowest BCUT2D eigenvalue weighted by atomic mass is 10.1. The first kappa shape index (κ1) is 18.7. The molecular formula is C19H24N2O4. The number of nitrogens with one attached hydrogen (secondary N) is 2. The summed E-state index contributed by atoms with van der Waals surface area (Å²) in [6.07, 6.45) is 6.07. The first-order valence-corrected chi connectivity index (χ1v) is 8.61. The van der Waals surface area contributed by atoms with Crippen molar-refractivity contribution in [1.82, 2.24) is 10.6 Å². The highest BCUT2D eigenvalue weighted by Crippen LogP contribution is 2.19. The highest BCUT2D eigenvalue weighted by atomic mass is 16.5. The molecule has 2 N–H and O–H groups in total. The van der Waals surface area contributed by atoms with Crippen molar-refractivity contribution in [2.24, 2.45) is 0 Å². The van der Waals surface area contributed by atoms with E-state index in [0.29, 0.717) is 37.6 Å². The van der Waals surface area contributed by atoms with E-state index in [9.17, 15) is 14.4 Å². The molecule has 0 aromatic heterocycles. The summed E-state index contributed by atoms with van der Waals surface area (Å²) in [4.78, 5) is 34.8. The largest absolute Gasteiger partial charge is 0.466 e. The smallest absolute Gasteiger partial charge is 0.305 e. The number of rotatable bonds is 9. The molecule has 0 unspecified atom stereocenters. The molecule has 1 aromatic rings. The molecule has 6 nitrogen and oxygen atoms in total. The number of carbonyl (C=O) groups excluding carboxylic acids is 3. The van der Waals surface area contributed by atoms with Crippen LogP contribution in [0.1, 0.15) is 48.5 Å². The highest BCUT2D eigenvalue weighted by Gasteiger charge is 2.23. The SMILES string of the molecule is CCOC(=O)CCCNC(=O)/C=C/c1ccc(C(=O)NC2CC2)cc1. The molecule has 0 atom stereocenters. The summed E-state index contributed by atoms with van der Waals surface area (Å²) in [5.41, 5.74) is 1.46. The van der Waals surface area contributed by atoms with Crippen molar-refractivity contribution >= 4 is 23.9 Å². The minimum Gasteiger partial charge on any atom is -0.466 e. The van der Waals surface area contributed by atoms with Crippen LogP contribution in [0.25, 0.3) is 6.08 Å². The number of esters is 1. The summed E-state index contributed by atoms with van der Waals surface area (Å²) in [6.45, 7) is 2.55. The third-order valence-corrected chi connectivity index (χ3v) is 3.67. The summed E-state index contributed by atoms with van der Waals surface area (Å²) in [7, 11) is 0. The van der Waals surface area contributed by atoms with Gasteiger partial charge in [-0.25, -0.2) is 0 Å². The van der Waals surface area contributed by atoms with Gasteiger partial charge in [-0.05, 0) is 50.0 Å². The standard InChI is InChI=1S/C19H24N2O4/c1-2-25-18(23)4-3-13-20-17(22)12-7-14-5-8-15(9-6-14)19(24)21-16-10-11-16/h5-9,12,16H,2-4,10-11,13H2,1H3,(H,20,22)(H,21,24)/b12-7+. The van der Waals surface area contributed by atoms with E-state index in [0.717, 1.165) is 18.4 Å². The third kappa shape index (κ3) is 7.20. The van der Waals surface area contributed by atoms with Crippen LogP contribution in [0.15, 0.2) is 30.3 Å². The predicted molar refractivity (Wildman–Crippen MR) is 94.8 cm³/mol. The van der Waals surface area contributed by atoms with Crippen molar-refractivity contribution in [3.05, 3.63) is 41.5 Å². The molecule has 2 rings (SSSR count). The van der Waals surface area contributed by atoms with E-state index in [-0.39, 0.29) is 17.8 Å². The van der Waals surface area contributed by atoms with Gasteiger partial charge in [0, 0.05) is 30.6 Å². The molecule has 1 saturated carbocycles. The fraction of sp³-hybridized carbons (Fsp3) is 0.421. The monoisotopic (exact) mass is 344 g/mol. The van der Waals surface area contributed by atoms with Gasteiger partial charge in [0.2, 0.25) is 5.91 Å². The Labute approximate surface area is 147 Å². The molecule has 0 saturated heterocycles. The first-order chi connectivity index (χ1) is 12.1. The van der Waals surface area contributed by atoms with E-state index in [4.69, 9.17) is 4.74 Å². The van der Waals surface area contributed by atoms with Crippen molar-refractivity contribution in [2.75, 3.05) is 13.2 Å². The Hall–Kier alpha value is -2.63. The zero-order chi connectivity index (χ0) is 18.1. The topological polar surface area (TPSA) is 84.5 Å². The fourth-order valence-electron chi connectivity index (χ4n) is 2.15. The molecule has 25 heavy (non-hydrogen) atoms. The second-order valence-electron chi connectivity index (χ2n) is 5.90. The van der Waals surface area contributed by atoms with Crippen molar-refractivity contribution in [3.63, 3.8) is 0 Å². The molecule has 1 aliphatic carbocycles. The van der Waals surface area contributed by atoms with Crippen LogP contribution in [0.2, 0.25) is 0 Å². The molecule has 1 aromatic carbocycles. The van der Waals surface area contributed by atoms with E-state index in [1.54, 1.807) is 37.3 Å². The van der Waals surface area contributed by atoms with Crippen LogP contribution < -0.4 is 10.6 Å². The van der Waals surface area contributed by atoms with Crippen LogP contribution in [0.3, 0.4) is 0 Å². The molecule has 0 aliphatic heterocycles. The van der Waals surface area contributed by atoms with Gasteiger partial charge in [0.25, 0.3) is 5.91 Å². The average molecular weight is 344 g/mol. The van der Waals surface area contributed by atoms with Crippen molar-refractivity contribution < 1.29 is 19.1 Å². The van der Waals surface area contributed by atoms with Crippen molar-refractivity contribution in [3.8, 4) is 0 Å². The maximum Gasteiger partial charge on any atom is 0.305 e. The normalized spacial score (nSPS) is 13.5. The minimum absolute atomic E-state index is 0.0580. The van der Waals surface area contributed by atoms with Gasteiger partial charge >= 0.3 is 5.97 Å². The Balaban J connectivity index is 1.70. The Morgan fingerprint density at radius 2 is 1.92 bits per heavy atom. The third-order valence-electron chi connectivity index (χ3n) is 3.67. The van der Waals surface area contributed by atoms with E-state index >= 15 is 0 Å². The van der Waals surface area contributed by atoms with Gasteiger partial charge in [-0.3, -0.25) is 14.4 Å². The second kappa shape index (κ2) is 9.61. The van der Waals surface area contributed by atoms with Gasteiger partial charge in [-0.1, -0.05) is 12.1 Å². The van der Waals surface area contributed by atoms with Gasteiger partial charge in [-0.2, -0.15) is 0 Å². The molecule has 2 amide bonds. The van der Waals surface area contributed by atoms with Crippen molar-refractivity contribution in [1.29, 1.82) is 0 Å². The van der Waals surface area contributed by atoms with Gasteiger partial charge < -0.3 is 15.4 Å². The molecule has 0 spiro atoms. The summed E-state index contributed by atoms with van der Waals surface area (Å²) >= 11 is 0. The zero-order valence-corrected chi connectivity index (χ0v) is 14.4. The molecule has 0 bridgehead atoms. The molecule has 0 radical (unpaired) electrons. The van der Waals surface area contributed by atoms with Crippen LogP contribution in [0.4, 0.5) is 0 Å². The summed E-state index contributed by atoms with van der Waals surface area (Å²) in [5.74, 6) is -0.533. The van der Waals surface area contributed by atoms with E-state index in [2.05, 4.69) is 10.6 Å². The zero-order valence-electron chi connectivity index (χ0n) is 14.4. The van der Waals surface area contributed by atoms with Gasteiger partial charge in [0.15, 0.2) is 0 Å². The van der Waals surface area contributed by atoms with E-state index < -0.39 is 0 Å². The molecule has 1 fully saturated rings. The maximum atomic E-state index is 11.9. The molecule has 0 heterocycles. The molecular weight excluding hydrogens is 320 g/mol. The van der Waals surface area contributed by atoms with Crippen LogP contribution in [-0.4, -0.2) is 37.0 Å². The lowest BCUT2D eigenvalue weighted by Gasteiger charge is -2.04. The van der Waals surface area contributed by atoms with Crippen LogP contribution in [0.5, 0.6) is 0 Å². The summed E-state index contributed by atoms with van der Waals surface area (Å²) in [5, 5.41) is 5.64. The minimum atomic E-state index is -0.252. The van der Waals surface area contributed by atoms with Crippen molar-refractivity contribution in [2.45, 2.75) is 38.6 Å². The molecule has 6 heteroatoms. The van der Waals surface area contributed by atoms with Gasteiger partial charge in [-0.15, -0.1) is 0 Å². The number of carbonyl (C=O) groups is 3. The van der Waals surface area contributed by atoms with Gasteiger partial charge in [0.1, 0.15) is 0 Å². The predicted octanol–water partition coefficient (Wildman–Crippen LogP) is 2.05.